The number of rotatable bonds is 8. The van der Waals surface area contributed by atoms with Crippen LogP contribution in [0.5, 0.6) is 11.5 Å². The Kier molecular flexibility index (Phi) is 6.74. The molecule has 0 bridgehead atoms. The summed E-state index contributed by atoms with van der Waals surface area (Å²) >= 11 is 0. The maximum absolute atomic E-state index is 13.2. The smallest absolute Gasteiger partial charge is 0.254 e. The monoisotopic (exact) mass is 410 g/mol. The summed E-state index contributed by atoms with van der Waals surface area (Å²) in [5, 5.41) is 0.917. The summed E-state index contributed by atoms with van der Waals surface area (Å²) in [6.07, 6.45) is 0. The summed E-state index contributed by atoms with van der Waals surface area (Å²) in [4.78, 5) is 30.3. The van der Waals surface area contributed by atoms with Gasteiger partial charge in [-0.2, -0.15) is 0 Å². The molecule has 2 aromatic carbocycles. The number of hydrogen-bond acceptors (Lipinski definition) is 5. The second-order valence-electron chi connectivity index (χ2n) is 7.00. The van der Waals surface area contributed by atoms with Crippen LogP contribution in [0.1, 0.15) is 21.5 Å². The van der Waals surface area contributed by atoms with Gasteiger partial charge in [0.25, 0.3) is 11.5 Å². The third-order valence-electron chi connectivity index (χ3n) is 4.92. The Balaban J connectivity index is 1.94. The molecule has 0 atom stereocenters. The van der Waals surface area contributed by atoms with Crippen molar-refractivity contribution in [2.75, 3.05) is 34.5 Å². The molecule has 7 heteroatoms. The lowest BCUT2D eigenvalue weighted by molar-refractivity contribution is 0.0679. The Morgan fingerprint density at radius 2 is 1.77 bits per heavy atom. The van der Waals surface area contributed by atoms with Crippen LogP contribution in [0.4, 0.5) is 0 Å². The Morgan fingerprint density at radius 3 is 2.47 bits per heavy atom. The van der Waals surface area contributed by atoms with Crippen LogP contribution in [0.2, 0.25) is 0 Å². The lowest BCUT2D eigenvalue weighted by atomic mass is 10.1. The minimum atomic E-state index is -0.226. The van der Waals surface area contributed by atoms with Crippen molar-refractivity contribution >= 4 is 16.8 Å². The van der Waals surface area contributed by atoms with Gasteiger partial charge in [-0.05, 0) is 48.2 Å². The van der Waals surface area contributed by atoms with Gasteiger partial charge in [-0.1, -0.05) is 12.1 Å². The highest BCUT2D eigenvalue weighted by Gasteiger charge is 2.19. The van der Waals surface area contributed by atoms with Crippen LogP contribution < -0.4 is 15.0 Å². The second kappa shape index (κ2) is 9.45. The van der Waals surface area contributed by atoms with Gasteiger partial charge in [0.2, 0.25) is 0 Å². The first-order valence-corrected chi connectivity index (χ1v) is 9.59. The van der Waals surface area contributed by atoms with Crippen molar-refractivity contribution in [3.63, 3.8) is 0 Å². The topological polar surface area (TPSA) is 80.9 Å². The summed E-state index contributed by atoms with van der Waals surface area (Å²) in [7, 11) is 4.63. The minimum Gasteiger partial charge on any atom is -0.493 e. The number of hydrogen-bond donors (Lipinski definition) is 1. The molecule has 0 radical (unpaired) electrons. The molecule has 0 saturated heterocycles. The number of carbonyl (C=O) groups excluding carboxylic acids is 1. The summed E-state index contributed by atoms with van der Waals surface area (Å²) in [5.41, 5.74) is 2.58. The van der Waals surface area contributed by atoms with E-state index in [2.05, 4.69) is 4.98 Å². The first kappa shape index (κ1) is 21.4. The maximum Gasteiger partial charge on any atom is 0.254 e. The highest BCUT2D eigenvalue weighted by atomic mass is 16.5. The lowest BCUT2D eigenvalue weighted by Crippen LogP contribution is -2.35. The number of methoxy groups -OCH3 is 3. The first-order chi connectivity index (χ1) is 14.5. The molecular weight excluding hydrogens is 384 g/mol. The van der Waals surface area contributed by atoms with E-state index in [1.165, 1.54) is 14.2 Å². The molecule has 1 N–H and O–H groups in total. The van der Waals surface area contributed by atoms with E-state index < -0.39 is 0 Å². The van der Waals surface area contributed by atoms with E-state index in [0.29, 0.717) is 35.8 Å². The molecule has 3 aromatic rings. The van der Waals surface area contributed by atoms with Crippen LogP contribution in [0.15, 0.2) is 47.3 Å². The third-order valence-corrected chi connectivity index (χ3v) is 4.92. The average molecular weight is 410 g/mol. The summed E-state index contributed by atoms with van der Waals surface area (Å²) in [5.74, 6) is 0.782. The number of fused-ring (bicyclic) bond motifs is 1. The van der Waals surface area contributed by atoms with Gasteiger partial charge < -0.3 is 24.1 Å². The molecular formula is C23H26N2O5. The zero-order valence-corrected chi connectivity index (χ0v) is 17.7. The minimum absolute atomic E-state index is 0.162. The lowest BCUT2D eigenvalue weighted by Gasteiger charge is -2.23. The van der Waals surface area contributed by atoms with Crippen molar-refractivity contribution in [2.45, 2.75) is 13.5 Å². The summed E-state index contributed by atoms with van der Waals surface area (Å²) in [6, 6.07) is 12.7. The highest BCUT2D eigenvalue weighted by Crippen LogP contribution is 2.28. The van der Waals surface area contributed by atoms with E-state index in [9.17, 15) is 9.59 Å². The van der Waals surface area contributed by atoms with E-state index in [4.69, 9.17) is 14.2 Å². The number of nitrogens with one attached hydrogen (secondary N) is 1. The van der Waals surface area contributed by atoms with E-state index in [-0.39, 0.29) is 18.0 Å². The number of nitrogens with zero attached hydrogens (tertiary/aromatic N) is 1. The Labute approximate surface area is 175 Å². The molecule has 158 valence electrons. The number of pyridine rings is 1. The van der Waals surface area contributed by atoms with Gasteiger partial charge >= 0.3 is 0 Å². The van der Waals surface area contributed by atoms with Crippen molar-refractivity contribution in [1.82, 2.24) is 9.88 Å². The molecule has 30 heavy (non-hydrogen) atoms. The van der Waals surface area contributed by atoms with Crippen LogP contribution in [0, 0.1) is 6.92 Å². The normalized spacial score (nSPS) is 10.8. The van der Waals surface area contributed by atoms with Gasteiger partial charge in [-0.15, -0.1) is 0 Å². The Morgan fingerprint density at radius 1 is 1.00 bits per heavy atom. The fraction of sp³-hybridized carbons (Fsp3) is 0.304. The van der Waals surface area contributed by atoms with E-state index >= 15 is 0 Å². The number of ether oxygens (including phenoxy) is 3. The largest absolute Gasteiger partial charge is 0.493 e. The number of aromatic nitrogens is 1. The summed E-state index contributed by atoms with van der Waals surface area (Å²) < 4.78 is 15.7. The molecule has 0 unspecified atom stereocenters. The van der Waals surface area contributed by atoms with Crippen molar-refractivity contribution in [3.05, 3.63) is 69.5 Å². The van der Waals surface area contributed by atoms with Gasteiger partial charge in [0, 0.05) is 30.3 Å². The standard InChI is InChI=1S/C23H26N2O5/c1-15-5-6-16-12-18(22(26)24-19(16)11-15)14-25(9-10-28-2)23(27)17-7-8-20(29-3)21(13-17)30-4/h5-8,11-13H,9-10,14H2,1-4H3,(H,24,26). The molecule has 0 aliphatic heterocycles. The number of benzene rings is 2. The summed E-state index contributed by atoms with van der Waals surface area (Å²) in [6.45, 7) is 2.83. The van der Waals surface area contributed by atoms with E-state index in [1.54, 1.807) is 30.2 Å². The zero-order chi connectivity index (χ0) is 21.7. The van der Waals surface area contributed by atoms with Crippen LogP contribution in [0.25, 0.3) is 10.9 Å². The molecule has 3 rings (SSSR count). The number of aromatic amines is 1. The zero-order valence-electron chi connectivity index (χ0n) is 17.7. The van der Waals surface area contributed by atoms with Gasteiger partial charge in [0.1, 0.15) is 0 Å². The molecule has 1 amide bonds. The van der Waals surface area contributed by atoms with Crippen molar-refractivity contribution in [2.24, 2.45) is 0 Å². The number of aryl methyl sites for hydroxylation is 1. The molecule has 0 spiro atoms. The van der Waals surface area contributed by atoms with Gasteiger partial charge in [0.15, 0.2) is 11.5 Å². The third kappa shape index (κ3) is 4.63. The SMILES string of the molecule is COCCN(Cc1cc2ccc(C)cc2[nH]c1=O)C(=O)c1ccc(OC)c(OC)c1. The fourth-order valence-electron chi connectivity index (χ4n) is 3.29. The second-order valence-corrected chi connectivity index (χ2v) is 7.00. The van der Waals surface area contributed by atoms with Crippen molar-refractivity contribution < 1.29 is 19.0 Å². The Hall–Kier alpha value is -3.32. The average Bonchev–Trinajstić information content (AvgIpc) is 2.75. The van der Waals surface area contributed by atoms with Crippen LogP contribution in [-0.4, -0.2) is 50.3 Å². The predicted molar refractivity (Wildman–Crippen MR) is 115 cm³/mol. The molecule has 7 nitrogen and oxygen atoms in total. The van der Waals surface area contributed by atoms with E-state index in [1.807, 2.05) is 31.2 Å². The van der Waals surface area contributed by atoms with Gasteiger partial charge in [-0.3, -0.25) is 9.59 Å². The van der Waals surface area contributed by atoms with Crippen molar-refractivity contribution in [3.8, 4) is 11.5 Å². The van der Waals surface area contributed by atoms with E-state index in [0.717, 1.165) is 16.5 Å². The molecule has 0 aliphatic rings. The molecule has 1 aromatic heterocycles. The molecule has 0 fully saturated rings. The number of amides is 1. The maximum atomic E-state index is 13.2. The predicted octanol–water partition coefficient (Wildman–Crippen LogP) is 3.14. The molecule has 0 saturated carbocycles. The molecule has 1 heterocycles. The van der Waals surface area contributed by atoms with Gasteiger partial charge in [-0.25, -0.2) is 0 Å². The molecule has 0 aliphatic carbocycles. The van der Waals surface area contributed by atoms with Crippen LogP contribution >= 0.6 is 0 Å². The first-order valence-electron chi connectivity index (χ1n) is 9.59. The number of H-pyrrole nitrogens is 1. The number of carbonyl (C=O) groups is 1. The van der Waals surface area contributed by atoms with Crippen molar-refractivity contribution in [1.29, 1.82) is 0 Å². The van der Waals surface area contributed by atoms with Gasteiger partial charge in [0.05, 0.1) is 27.4 Å². The fourth-order valence-corrected chi connectivity index (χ4v) is 3.29. The van der Waals surface area contributed by atoms with Crippen LogP contribution in [0.3, 0.4) is 0 Å². The Bertz CT molecular complexity index is 1110. The quantitative estimate of drug-likeness (QED) is 0.617. The highest BCUT2D eigenvalue weighted by molar-refractivity contribution is 5.95. The van der Waals surface area contributed by atoms with Crippen LogP contribution in [-0.2, 0) is 11.3 Å².